The number of imide groups is 2. The lowest BCUT2D eigenvalue weighted by atomic mass is 10.1. The molecule has 3 aromatic carbocycles. The number of methoxy groups -OCH3 is 1. The van der Waals surface area contributed by atoms with Crippen LogP contribution < -0.4 is 19.7 Å². The summed E-state index contributed by atoms with van der Waals surface area (Å²) >= 11 is 10.1. The summed E-state index contributed by atoms with van der Waals surface area (Å²) in [6.45, 7) is 0. The predicted octanol–water partition coefficient (Wildman–Crippen LogP) is 5.87. The third-order valence-corrected chi connectivity index (χ3v) is 6.60. The first kappa shape index (κ1) is 25.8. The Bertz CT molecular complexity index is 1440. The van der Waals surface area contributed by atoms with Gasteiger partial charge < -0.3 is 9.47 Å². The molecule has 1 aliphatic heterocycles. The molecule has 1 saturated heterocycles. The van der Waals surface area contributed by atoms with E-state index in [4.69, 9.17) is 9.47 Å². The Hall–Kier alpha value is -3.28. The topological polar surface area (TPSA) is 102 Å². The third-order valence-electron chi connectivity index (χ3n) is 5.02. The lowest BCUT2D eigenvalue weighted by molar-refractivity contribution is -0.122. The van der Waals surface area contributed by atoms with Gasteiger partial charge in [0.1, 0.15) is 11.3 Å². The number of barbiturate groups is 1. The summed E-state index contributed by atoms with van der Waals surface area (Å²) in [4.78, 5) is 52.1. The first-order chi connectivity index (χ1) is 17.2. The highest BCUT2D eigenvalue weighted by molar-refractivity contribution is 9.11. The molecule has 182 valence electrons. The van der Waals surface area contributed by atoms with Crippen molar-refractivity contribution in [3.05, 3.63) is 90.8 Å². The molecule has 0 unspecified atom stereocenters. The van der Waals surface area contributed by atoms with Crippen LogP contribution in [0.1, 0.15) is 15.9 Å². The van der Waals surface area contributed by atoms with Crippen LogP contribution in [-0.4, -0.2) is 30.9 Å². The normalized spacial score (nSPS) is 14.6. The number of amides is 4. The number of hydrogen-bond donors (Lipinski definition) is 1. The highest BCUT2D eigenvalue weighted by Crippen LogP contribution is 2.36. The van der Waals surface area contributed by atoms with Crippen LogP contribution in [0.4, 0.5) is 10.5 Å². The number of carbonyl (C=O) groups is 4. The second-order valence-electron chi connectivity index (χ2n) is 7.36. The van der Waals surface area contributed by atoms with Gasteiger partial charge in [0, 0.05) is 20.6 Å². The molecule has 0 radical (unpaired) electrons. The van der Waals surface area contributed by atoms with Gasteiger partial charge in [-0.05, 0) is 70.5 Å². The molecular formula is C25H15Br3N2O6. The lowest BCUT2D eigenvalue weighted by Crippen LogP contribution is -2.54. The largest absolute Gasteiger partial charge is 0.497 e. The van der Waals surface area contributed by atoms with Crippen molar-refractivity contribution in [1.82, 2.24) is 5.32 Å². The Labute approximate surface area is 230 Å². The van der Waals surface area contributed by atoms with Gasteiger partial charge in [0.25, 0.3) is 11.8 Å². The second kappa shape index (κ2) is 10.8. The molecule has 1 aliphatic rings. The summed E-state index contributed by atoms with van der Waals surface area (Å²) in [6.07, 6.45) is 1.26. The fourth-order valence-electron chi connectivity index (χ4n) is 3.33. The number of rotatable bonds is 5. The Morgan fingerprint density at radius 2 is 1.67 bits per heavy atom. The van der Waals surface area contributed by atoms with Gasteiger partial charge in [0.15, 0.2) is 5.75 Å². The van der Waals surface area contributed by atoms with Crippen LogP contribution in [0.15, 0.2) is 79.7 Å². The molecule has 11 heteroatoms. The average molecular weight is 679 g/mol. The summed E-state index contributed by atoms with van der Waals surface area (Å²) in [6, 6.07) is 15.2. The van der Waals surface area contributed by atoms with E-state index in [-0.39, 0.29) is 22.6 Å². The molecule has 0 bridgehead atoms. The molecule has 1 fully saturated rings. The smallest absolute Gasteiger partial charge is 0.343 e. The van der Waals surface area contributed by atoms with Crippen LogP contribution in [0.2, 0.25) is 0 Å². The number of ether oxygens (including phenoxy) is 2. The first-order valence-corrected chi connectivity index (χ1v) is 12.6. The Balaban J connectivity index is 1.75. The number of nitrogens with zero attached hydrogens (tertiary/aromatic N) is 1. The summed E-state index contributed by atoms with van der Waals surface area (Å²) in [5.41, 5.74) is 0.434. The Morgan fingerprint density at radius 1 is 0.944 bits per heavy atom. The fourth-order valence-corrected chi connectivity index (χ4v) is 4.93. The van der Waals surface area contributed by atoms with Crippen LogP contribution in [-0.2, 0) is 9.59 Å². The predicted molar refractivity (Wildman–Crippen MR) is 143 cm³/mol. The van der Waals surface area contributed by atoms with E-state index in [1.165, 1.54) is 25.3 Å². The highest BCUT2D eigenvalue weighted by Gasteiger charge is 2.37. The zero-order valence-corrected chi connectivity index (χ0v) is 23.1. The van der Waals surface area contributed by atoms with Gasteiger partial charge in [0.05, 0.1) is 22.8 Å². The number of carbonyl (C=O) groups excluding carboxylic acids is 4. The van der Waals surface area contributed by atoms with E-state index in [0.29, 0.717) is 20.3 Å². The minimum Gasteiger partial charge on any atom is -0.497 e. The third kappa shape index (κ3) is 5.43. The number of urea groups is 1. The Morgan fingerprint density at radius 3 is 2.36 bits per heavy atom. The highest BCUT2D eigenvalue weighted by atomic mass is 79.9. The SMILES string of the molecule is COc1cccc(N2C(=O)NC(=O)/C(=C/c3cc(Br)cc(Br)c3OC(=O)c3ccc(Br)cc3)C2=O)c1. The summed E-state index contributed by atoms with van der Waals surface area (Å²) in [5, 5.41) is 2.17. The maximum Gasteiger partial charge on any atom is 0.343 e. The van der Waals surface area contributed by atoms with Crippen molar-refractivity contribution in [2.75, 3.05) is 12.0 Å². The molecular weight excluding hydrogens is 664 g/mol. The van der Waals surface area contributed by atoms with Crippen molar-refractivity contribution in [2.45, 2.75) is 0 Å². The van der Waals surface area contributed by atoms with Crippen molar-refractivity contribution in [2.24, 2.45) is 0 Å². The molecule has 1 N–H and O–H groups in total. The number of esters is 1. The first-order valence-electron chi connectivity index (χ1n) is 10.2. The van der Waals surface area contributed by atoms with Gasteiger partial charge in [-0.3, -0.25) is 14.9 Å². The fraction of sp³-hybridized carbons (Fsp3) is 0.0400. The molecule has 0 spiro atoms. The van der Waals surface area contributed by atoms with Crippen LogP contribution in [0, 0.1) is 0 Å². The van der Waals surface area contributed by atoms with Crippen LogP contribution in [0.3, 0.4) is 0 Å². The van der Waals surface area contributed by atoms with E-state index in [0.717, 1.165) is 9.37 Å². The van der Waals surface area contributed by atoms with Gasteiger partial charge in [-0.2, -0.15) is 0 Å². The average Bonchev–Trinajstić information content (AvgIpc) is 2.84. The summed E-state index contributed by atoms with van der Waals surface area (Å²) in [7, 11) is 1.45. The number of benzene rings is 3. The van der Waals surface area contributed by atoms with Crippen LogP contribution in [0.25, 0.3) is 6.08 Å². The molecule has 1 heterocycles. The van der Waals surface area contributed by atoms with Gasteiger partial charge in [0.2, 0.25) is 0 Å². The quantitative estimate of drug-likeness (QED) is 0.157. The van der Waals surface area contributed by atoms with Crippen molar-refractivity contribution >= 4 is 83.4 Å². The zero-order chi connectivity index (χ0) is 26.0. The van der Waals surface area contributed by atoms with Gasteiger partial charge in [-0.1, -0.05) is 37.9 Å². The number of anilines is 1. The molecule has 8 nitrogen and oxygen atoms in total. The monoisotopic (exact) mass is 676 g/mol. The van der Waals surface area contributed by atoms with Gasteiger partial charge in [-0.15, -0.1) is 0 Å². The Kier molecular flexibility index (Phi) is 7.72. The maximum atomic E-state index is 13.3. The van der Waals surface area contributed by atoms with Gasteiger partial charge in [-0.25, -0.2) is 14.5 Å². The van der Waals surface area contributed by atoms with Crippen LogP contribution >= 0.6 is 47.8 Å². The van der Waals surface area contributed by atoms with E-state index in [2.05, 4.69) is 53.1 Å². The molecule has 0 atom stereocenters. The number of hydrogen-bond acceptors (Lipinski definition) is 6. The summed E-state index contributed by atoms with van der Waals surface area (Å²) < 4.78 is 12.6. The zero-order valence-electron chi connectivity index (χ0n) is 18.4. The molecule has 4 rings (SSSR count). The van der Waals surface area contributed by atoms with E-state index in [1.807, 2.05) is 0 Å². The summed E-state index contributed by atoms with van der Waals surface area (Å²) in [5.74, 6) is -1.86. The lowest BCUT2D eigenvalue weighted by Gasteiger charge is -2.26. The molecule has 0 aromatic heterocycles. The standard InChI is InChI=1S/C25H15Br3N2O6/c1-35-18-4-2-3-17(12-18)30-23(32)19(22(31)29-25(30)34)10-14-9-16(27)11-20(28)21(14)36-24(33)13-5-7-15(26)8-6-13/h2-12H,1H3,(H,29,31,34)/b19-10-. The van der Waals surface area contributed by atoms with Crippen molar-refractivity contribution < 1.29 is 28.7 Å². The molecule has 3 aromatic rings. The minimum atomic E-state index is -0.896. The van der Waals surface area contributed by atoms with Crippen molar-refractivity contribution in [1.29, 1.82) is 0 Å². The second-order valence-corrected chi connectivity index (χ2v) is 10.0. The molecule has 36 heavy (non-hydrogen) atoms. The van der Waals surface area contributed by atoms with E-state index >= 15 is 0 Å². The minimum absolute atomic E-state index is 0.0871. The number of nitrogens with one attached hydrogen (secondary N) is 1. The molecule has 4 amide bonds. The number of halogens is 3. The van der Waals surface area contributed by atoms with Crippen LogP contribution in [0.5, 0.6) is 11.5 Å². The molecule has 0 aliphatic carbocycles. The van der Waals surface area contributed by atoms with Gasteiger partial charge >= 0.3 is 12.0 Å². The maximum absolute atomic E-state index is 13.3. The van der Waals surface area contributed by atoms with E-state index in [1.54, 1.807) is 48.5 Å². The van der Waals surface area contributed by atoms with E-state index < -0.39 is 23.8 Å². The van der Waals surface area contributed by atoms with Crippen molar-refractivity contribution in [3.63, 3.8) is 0 Å². The van der Waals surface area contributed by atoms with Crippen molar-refractivity contribution in [3.8, 4) is 11.5 Å². The van der Waals surface area contributed by atoms with E-state index in [9.17, 15) is 19.2 Å². The molecule has 0 saturated carbocycles.